The molecular formula is C10H9ClO2. The monoisotopic (exact) mass is 196 g/mol. The number of rotatable bonds is 1. The Morgan fingerprint density at radius 1 is 1.31 bits per heavy atom. The molecule has 0 bridgehead atoms. The van der Waals surface area contributed by atoms with Crippen molar-refractivity contribution in [1.29, 1.82) is 0 Å². The summed E-state index contributed by atoms with van der Waals surface area (Å²) < 4.78 is 5.09. The fraction of sp³-hybridized carbons (Fsp3) is 0.300. The molecule has 3 heteroatoms. The maximum atomic E-state index is 10.9. The lowest BCUT2D eigenvalue weighted by Crippen LogP contribution is -2.05. The number of cyclic esters (lactones) is 1. The molecule has 1 aromatic carbocycles. The first-order chi connectivity index (χ1) is 6.27. The standard InChI is InChI=1S/C10H9ClO2/c11-8-6-9(12)13-10(8)7-4-2-1-3-5-7/h1-5,8,10H,6H2/t8-,10+/m0/s1. The van der Waals surface area contributed by atoms with Gasteiger partial charge < -0.3 is 4.74 Å². The van der Waals surface area contributed by atoms with Crippen LogP contribution < -0.4 is 0 Å². The highest BCUT2D eigenvalue weighted by Gasteiger charge is 2.34. The van der Waals surface area contributed by atoms with E-state index in [9.17, 15) is 4.79 Å². The first-order valence-corrected chi connectivity index (χ1v) is 4.59. The molecule has 0 spiro atoms. The van der Waals surface area contributed by atoms with Gasteiger partial charge in [0.15, 0.2) is 0 Å². The summed E-state index contributed by atoms with van der Waals surface area (Å²) in [4.78, 5) is 10.9. The number of hydrogen-bond acceptors (Lipinski definition) is 2. The predicted octanol–water partition coefficient (Wildman–Crippen LogP) is 2.28. The van der Waals surface area contributed by atoms with Crippen molar-refractivity contribution in [1.82, 2.24) is 0 Å². The van der Waals surface area contributed by atoms with E-state index < -0.39 is 0 Å². The molecular weight excluding hydrogens is 188 g/mol. The molecule has 0 aliphatic carbocycles. The van der Waals surface area contributed by atoms with Gasteiger partial charge in [0.25, 0.3) is 0 Å². The van der Waals surface area contributed by atoms with Crippen LogP contribution in [0.1, 0.15) is 18.1 Å². The van der Waals surface area contributed by atoms with Crippen LogP contribution in [0.2, 0.25) is 0 Å². The van der Waals surface area contributed by atoms with Crippen molar-refractivity contribution in [2.24, 2.45) is 0 Å². The minimum absolute atomic E-state index is 0.214. The average molecular weight is 197 g/mol. The molecule has 1 heterocycles. The molecule has 1 aliphatic heterocycles. The van der Waals surface area contributed by atoms with Crippen LogP contribution in [-0.2, 0) is 9.53 Å². The van der Waals surface area contributed by atoms with Crippen molar-refractivity contribution in [3.63, 3.8) is 0 Å². The zero-order valence-corrected chi connectivity index (χ0v) is 7.70. The van der Waals surface area contributed by atoms with E-state index in [4.69, 9.17) is 16.3 Å². The smallest absolute Gasteiger partial charge is 0.308 e. The summed E-state index contributed by atoms with van der Waals surface area (Å²) >= 11 is 5.96. The molecule has 68 valence electrons. The largest absolute Gasteiger partial charge is 0.456 e. The summed E-state index contributed by atoms with van der Waals surface area (Å²) in [5.74, 6) is -0.214. The summed E-state index contributed by atoms with van der Waals surface area (Å²) in [6.07, 6.45) is 0.0385. The summed E-state index contributed by atoms with van der Waals surface area (Å²) in [6.45, 7) is 0. The van der Waals surface area contributed by atoms with Crippen LogP contribution in [-0.4, -0.2) is 11.3 Å². The van der Waals surface area contributed by atoms with E-state index >= 15 is 0 Å². The topological polar surface area (TPSA) is 26.3 Å². The Kier molecular flexibility index (Phi) is 2.23. The van der Waals surface area contributed by atoms with Gasteiger partial charge in [-0.2, -0.15) is 0 Å². The molecule has 0 unspecified atom stereocenters. The highest BCUT2D eigenvalue weighted by atomic mass is 35.5. The molecule has 0 radical (unpaired) electrons. The van der Waals surface area contributed by atoms with Crippen molar-refractivity contribution in [2.75, 3.05) is 0 Å². The van der Waals surface area contributed by atoms with E-state index in [1.165, 1.54) is 0 Å². The average Bonchev–Trinajstić information content (AvgIpc) is 2.47. The lowest BCUT2D eigenvalue weighted by atomic mass is 10.1. The molecule has 1 aromatic rings. The van der Waals surface area contributed by atoms with Gasteiger partial charge in [0.05, 0.1) is 11.8 Å². The Hall–Kier alpha value is -1.02. The van der Waals surface area contributed by atoms with Crippen LogP contribution in [0, 0.1) is 0 Å². The van der Waals surface area contributed by atoms with Gasteiger partial charge in [-0.25, -0.2) is 0 Å². The summed E-state index contributed by atoms with van der Waals surface area (Å²) in [6, 6.07) is 9.57. The number of halogens is 1. The zero-order valence-electron chi connectivity index (χ0n) is 6.94. The van der Waals surface area contributed by atoms with Gasteiger partial charge in [0.1, 0.15) is 6.10 Å². The van der Waals surface area contributed by atoms with Gasteiger partial charge >= 0.3 is 5.97 Å². The number of carbonyl (C=O) groups is 1. The Bertz CT molecular complexity index is 310. The third kappa shape index (κ3) is 1.68. The number of esters is 1. The summed E-state index contributed by atoms with van der Waals surface area (Å²) in [5, 5.41) is -0.227. The molecule has 2 rings (SSSR count). The maximum absolute atomic E-state index is 10.9. The second-order valence-electron chi connectivity index (χ2n) is 3.04. The van der Waals surface area contributed by atoms with Crippen LogP contribution in [0.5, 0.6) is 0 Å². The van der Waals surface area contributed by atoms with Crippen molar-refractivity contribution in [3.8, 4) is 0 Å². The van der Waals surface area contributed by atoms with Gasteiger partial charge in [-0.15, -0.1) is 11.6 Å². The SMILES string of the molecule is O=C1C[C@H](Cl)[C@@H](c2ccccc2)O1. The number of benzene rings is 1. The van der Waals surface area contributed by atoms with Crippen LogP contribution in [0.15, 0.2) is 30.3 Å². The van der Waals surface area contributed by atoms with Crippen molar-refractivity contribution >= 4 is 17.6 Å². The number of alkyl halides is 1. The third-order valence-electron chi connectivity index (χ3n) is 2.08. The van der Waals surface area contributed by atoms with Gasteiger partial charge in [0.2, 0.25) is 0 Å². The van der Waals surface area contributed by atoms with Gasteiger partial charge in [-0.05, 0) is 5.56 Å². The van der Waals surface area contributed by atoms with Crippen LogP contribution in [0.25, 0.3) is 0 Å². The van der Waals surface area contributed by atoms with Crippen LogP contribution in [0.4, 0.5) is 0 Å². The van der Waals surface area contributed by atoms with Crippen LogP contribution >= 0.6 is 11.6 Å². The molecule has 0 aromatic heterocycles. The minimum Gasteiger partial charge on any atom is -0.456 e. The Morgan fingerprint density at radius 3 is 2.54 bits per heavy atom. The number of ether oxygens (including phenoxy) is 1. The first-order valence-electron chi connectivity index (χ1n) is 4.16. The van der Waals surface area contributed by atoms with Crippen LogP contribution in [0.3, 0.4) is 0 Å². The third-order valence-corrected chi connectivity index (χ3v) is 2.46. The molecule has 2 nitrogen and oxygen atoms in total. The summed E-state index contributed by atoms with van der Waals surface area (Å²) in [5.41, 5.74) is 0.966. The highest BCUT2D eigenvalue weighted by molar-refractivity contribution is 6.22. The summed E-state index contributed by atoms with van der Waals surface area (Å²) in [7, 11) is 0. The van der Waals surface area contributed by atoms with Gasteiger partial charge in [0, 0.05) is 0 Å². The quantitative estimate of drug-likeness (QED) is 0.509. The van der Waals surface area contributed by atoms with E-state index in [0.717, 1.165) is 5.56 Å². The number of hydrogen-bond donors (Lipinski definition) is 0. The lowest BCUT2D eigenvalue weighted by molar-refractivity contribution is -0.141. The predicted molar refractivity (Wildman–Crippen MR) is 49.5 cm³/mol. The van der Waals surface area contributed by atoms with Gasteiger partial charge in [-0.3, -0.25) is 4.79 Å². The Morgan fingerprint density at radius 2 is 2.00 bits per heavy atom. The van der Waals surface area contributed by atoms with E-state index in [1.807, 2.05) is 30.3 Å². The fourth-order valence-corrected chi connectivity index (χ4v) is 1.77. The van der Waals surface area contributed by atoms with E-state index in [0.29, 0.717) is 6.42 Å². The number of carbonyl (C=O) groups excluding carboxylic acids is 1. The molecule has 13 heavy (non-hydrogen) atoms. The lowest BCUT2D eigenvalue weighted by Gasteiger charge is -2.11. The minimum atomic E-state index is -0.268. The molecule has 0 saturated carbocycles. The molecule has 1 saturated heterocycles. The molecule has 1 aliphatic rings. The second-order valence-corrected chi connectivity index (χ2v) is 3.60. The van der Waals surface area contributed by atoms with Crippen molar-refractivity contribution in [3.05, 3.63) is 35.9 Å². The Balaban J connectivity index is 2.23. The zero-order chi connectivity index (χ0) is 9.26. The van der Waals surface area contributed by atoms with E-state index in [-0.39, 0.29) is 17.5 Å². The fourth-order valence-electron chi connectivity index (χ4n) is 1.45. The van der Waals surface area contributed by atoms with Crippen molar-refractivity contribution in [2.45, 2.75) is 17.9 Å². The molecule has 2 atom stereocenters. The molecule has 0 N–H and O–H groups in total. The van der Waals surface area contributed by atoms with E-state index in [2.05, 4.69) is 0 Å². The Labute approximate surface area is 81.5 Å². The van der Waals surface area contributed by atoms with Crippen molar-refractivity contribution < 1.29 is 9.53 Å². The first kappa shape index (κ1) is 8.57. The molecule has 1 fully saturated rings. The highest BCUT2D eigenvalue weighted by Crippen LogP contribution is 2.33. The molecule has 0 amide bonds. The van der Waals surface area contributed by atoms with E-state index in [1.54, 1.807) is 0 Å². The normalized spacial score (nSPS) is 27.3. The van der Waals surface area contributed by atoms with Gasteiger partial charge in [-0.1, -0.05) is 30.3 Å². The second kappa shape index (κ2) is 3.38. The maximum Gasteiger partial charge on any atom is 0.308 e.